The quantitative estimate of drug-likeness (QED) is 0.809. The first-order valence-corrected chi connectivity index (χ1v) is 8.34. The Hall–Kier alpha value is -1.82. The number of nitrogens with zero attached hydrogens (tertiary/aromatic N) is 1. The average molecular weight is 332 g/mol. The number of ether oxygens (including phenoxy) is 1. The Labute approximate surface area is 123 Å². The predicted molar refractivity (Wildman–Crippen MR) is 75.0 cm³/mol. The second kappa shape index (κ2) is 5.28. The molecule has 0 aliphatic carbocycles. The van der Waals surface area contributed by atoms with Gasteiger partial charge in [0.1, 0.15) is 0 Å². The van der Waals surface area contributed by atoms with Gasteiger partial charge in [-0.25, -0.2) is 0 Å². The summed E-state index contributed by atoms with van der Waals surface area (Å²) < 4.78 is 19.3. The molecular formula is C16H12FNOSe. The standard InChI is InChI=1S/C16H12FNOSe/c17-14-7-5-13(6-8-14)16(10-20-11-18)9-12-3-1-2-4-15(12)19-16/h1-8H,9-10H2/t16-/m1/s1. The summed E-state index contributed by atoms with van der Waals surface area (Å²) >= 11 is -0.156. The molecule has 0 aromatic heterocycles. The summed E-state index contributed by atoms with van der Waals surface area (Å²) in [4.78, 5) is 2.24. The maximum atomic E-state index is 13.1. The van der Waals surface area contributed by atoms with E-state index in [1.165, 1.54) is 12.1 Å². The van der Waals surface area contributed by atoms with Gasteiger partial charge in [0.25, 0.3) is 0 Å². The first-order chi connectivity index (χ1) is 9.73. The predicted octanol–water partition coefficient (Wildman–Crippen LogP) is 3.26. The minimum absolute atomic E-state index is 0.156. The second-order valence-corrected chi connectivity index (χ2v) is 6.36. The summed E-state index contributed by atoms with van der Waals surface area (Å²) in [5.74, 6) is 0.607. The van der Waals surface area contributed by atoms with Crippen molar-refractivity contribution in [2.24, 2.45) is 0 Å². The fraction of sp³-hybridized carbons (Fsp3) is 0.188. The number of benzene rings is 2. The van der Waals surface area contributed by atoms with Gasteiger partial charge in [-0.15, -0.1) is 0 Å². The third-order valence-electron chi connectivity index (χ3n) is 3.49. The normalized spacial score (nSPS) is 20.0. The van der Waals surface area contributed by atoms with Crippen molar-refractivity contribution >= 4 is 15.0 Å². The Morgan fingerprint density at radius 2 is 1.95 bits per heavy atom. The molecule has 0 N–H and O–H groups in total. The van der Waals surface area contributed by atoms with Crippen molar-refractivity contribution in [3.8, 4) is 10.7 Å². The van der Waals surface area contributed by atoms with Gasteiger partial charge in [-0.2, -0.15) is 0 Å². The van der Waals surface area contributed by atoms with Crippen LogP contribution >= 0.6 is 0 Å². The molecule has 4 heteroatoms. The van der Waals surface area contributed by atoms with Gasteiger partial charge in [0.05, 0.1) is 0 Å². The summed E-state index contributed by atoms with van der Waals surface area (Å²) in [6, 6.07) is 14.3. The van der Waals surface area contributed by atoms with Gasteiger partial charge >= 0.3 is 123 Å². The van der Waals surface area contributed by atoms with Crippen LogP contribution in [-0.2, 0) is 12.0 Å². The van der Waals surface area contributed by atoms with Crippen LogP contribution in [0.1, 0.15) is 11.1 Å². The van der Waals surface area contributed by atoms with Crippen LogP contribution in [0.15, 0.2) is 48.5 Å². The summed E-state index contributed by atoms with van der Waals surface area (Å²) in [6.45, 7) is 0. The van der Waals surface area contributed by atoms with Crippen molar-refractivity contribution in [1.29, 1.82) is 5.26 Å². The molecule has 2 nitrogen and oxygen atoms in total. The number of hydrogen-bond donors (Lipinski definition) is 0. The molecule has 1 atom stereocenters. The van der Waals surface area contributed by atoms with Crippen molar-refractivity contribution in [1.82, 2.24) is 0 Å². The molecule has 0 saturated carbocycles. The Morgan fingerprint density at radius 1 is 1.20 bits per heavy atom. The molecule has 1 aliphatic rings. The van der Waals surface area contributed by atoms with Crippen molar-refractivity contribution in [2.75, 3.05) is 0 Å². The zero-order valence-corrected chi connectivity index (χ0v) is 12.4. The molecule has 0 bridgehead atoms. The van der Waals surface area contributed by atoms with E-state index in [1.807, 2.05) is 24.3 Å². The molecule has 3 rings (SSSR count). The van der Waals surface area contributed by atoms with E-state index in [9.17, 15) is 4.39 Å². The first-order valence-electron chi connectivity index (χ1n) is 6.27. The Morgan fingerprint density at radius 3 is 2.65 bits per heavy atom. The van der Waals surface area contributed by atoms with Crippen LogP contribution in [0.5, 0.6) is 5.75 Å². The van der Waals surface area contributed by atoms with Crippen molar-refractivity contribution in [3.05, 3.63) is 65.5 Å². The molecule has 0 saturated heterocycles. The van der Waals surface area contributed by atoms with Crippen molar-refractivity contribution < 1.29 is 9.13 Å². The molecule has 0 radical (unpaired) electrons. The maximum absolute atomic E-state index is 13.1. The average Bonchev–Trinajstić information content (AvgIpc) is 2.85. The first kappa shape index (κ1) is 13.2. The van der Waals surface area contributed by atoms with Crippen molar-refractivity contribution in [2.45, 2.75) is 17.3 Å². The Balaban J connectivity index is 2.00. The van der Waals surface area contributed by atoms with Gasteiger partial charge in [-0.05, 0) is 0 Å². The molecule has 2 aromatic carbocycles. The SMILES string of the molecule is N#C[Se]C[C@@]1(c2ccc(F)cc2)Cc2ccccc2O1. The number of nitriles is 1. The zero-order chi connectivity index (χ0) is 14.0. The van der Waals surface area contributed by atoms with Crippen LogP contribution in [0.2, 0.25) is 5.32 Å². The van der Waals surface area contributed by atoms with E-state index in [1.54, 1.807) is 12.1 Å². The van der Waals surface area contributed by atoms with Crippen LogP contribution in [0.4, 0.5) is 4.39 Å². The fourth-order valence-electron chi connectivity index (χ4n) is 2.53. The van der Waals surface area contributed by atoms with Crippen LogP contribution in [-0.4, -0.2) is 15.0 Å². The summed E-state index contributed by atoms with van der Waals surface area (Å²) in [7, 11) is 0. The number of hydrogen-bond acceptors (Lipinski definition) is 2. The number of halogens is 1. The number of para-hydroxylation sites is 1. The van der Waals surface area contributed by atoms with Crippen LogP contribution in [0, 0.1) is 16.0 Å². The molecule has 0 spiro atoms. The summed E-state index contributed by atoms with van der Waals surface area (Å²) in [6.07, 6.45) is 0.734. The third-order valence-corrected chi connectivity index (χ3v) is 5.05. The molecule has 0 amide bonds. The third kappa shape index (κ3) is 2.31. The van der Waals surface area contributed by atoms with Crippen LogP contribution < -0.4 is 4.74 Å². The van der Waals surface area contributed by atoms with Crippen LogP contribution in [0.25, 0.3) is 0 Å². The zero-order valence-electron chi connectivity index (χ0n) is 10.7. The van der Waals surface area contributed by atoms with E-state index in [0.717, 1.165) is 23.3 Å². The van der Waals surface area contributed by atoms with Crippen LogP contribution in [0.3, 0.4) is 0 Å². The molecule has 0 fully saturated rings. The van der Waals surface area contributed by atoms with Crippen molar-refractivity contribution in [3.63, 3.8) is 0 Å². The fourth-order valence-corrected chi connectivity index (χ4v) is 3.84. The summed E-state index contributed by atoms with van der Waals surface area (Å²) in [5.41, 5.74) is 1.56. The van der Waals surface area contributed by atoms with Gasteiger partial charge < -0.3 is 0 Å². The molecular weight excluding hydrogens is 320 g/mol. The van der Waals surface area contributed by atoms with E-state index in [2.05, 4.69) is 4.97 Å². The monoisotopic (exact) mass is 333 g/mol. The summed E-state index contributed by atoms with van der Waals surface area (Å²) in [5, 5.41) is 9.57. The molecule has 1 heterocycles. The second-order valence-electron chi connectivity index (χ2n) is 4.77. The van der Waals surface area contributed by atoms with Gasteiger partial charge in [0, 0.05) is 0 Å². The molecule has 0 unspecified atom stereocenters. The molecule has 20 heavy (non-hydrogen) atoms. The van der Waals surface area contributed by atoms with E-state index < -0.39 is 5.60 Å². The topological polar surface area (TPSA) is 33.0 Å². The Bertz CT molecular complexity index is 638. The minimum atomic E-state index is -0.521. The number of rotatable bonds is 3. The van der Waals surface area contributed by atoms with Gasteiger partial charge in [-0.1, -0.05) is 0 Å². The van der Waals surface area contributed by atoms with E-state index >= 15 is 0 Å². The Kier molecular flexibility index (Phi) is 3.48. The van der Waals surface area contributed by atoms with E-state index in [4.69, 9.17) is 10.00 Å². The number of fused-ring (bicyclic) bond motifs is 1. The van der Waals surface area contributed by atoms with Gasteiger partial charge in [0.15, 0.2) is 0 Å². The molecule has 2 aromatic rings. The van der Waals surface area contributed by atoms with Gasteiger partial charge in [0.2, 0.25) is 0 Å². The van der Waals surface area contributed by atoms with Gasteiger partial charge in [-0.3, -0.25) is 0 Å². The molecule has 1 aliphatic heterocycles. The van der Waals surface area contributed by atoms with E-state index in [-0.39, 0.29) is 20.8 Å². The molecule has 100 valence electrons. The van der Waals surface area contributed by atoms with E-state index in [0.29, 0.717) is 5.32 Å².